The molecule has 0 aromatic carbocycles. The highest BCUT2D eigenvalue weighted by Gasteiger charge is 1.80. The van der Waals surface area contributed by atoms with E-state index in [0.717, 1.165) is 6.42 Å². The Morgan fingerprint density at radius 1 is 1.43 bits per heavy atom. The van der Waals surface area contributed by atoms with Crippen molar-refractivity contribution in [3.63, 3.8) is 0 Å². The molecule has 2 radical (unpaired) electrons. The second kappa shape index (κ2) is 6.00. The minimum Gasteiger partial charge on any atom is -0.0623 e. The zero-order valence-corrected chi connectivity index (χ0v) is 5.11. The topological polar surface area (TPSA) is 0 Å². The van der Waals surface area contributed by atoms with Gasteiger partial charge in [-0.3, -0.25) is 0 Å². The van der Waals surface area contributed by atoms with Crippen LogP contribution in [0.25, 0.3) is 0 Å². The fraction of sp³-hybridized carbons (Fsp3) is 0.714. The molecule has 7 heavy (non-hydrogen) atoms. The second-order valence-electron chi connectivity index (χ2n) is 1.76. The van der Waals surface area contributed by atoms with Crippen molar-refractivity contribution in [2.45, 2.75) is 32.6 Å². The van der Waals surface area contributed by atoms with Gasteiger partial charge in [0.15, 0.2) is 0 Å². The normalized spacial score (nSPS) is 9.43. The highest BCUT2D eigenvalue weighted by atomic mass is 13.9. The molecular weight excluding hydrogens is 84.1 g/mol. The molecule has 0 aromatic rings. The van der Waals surface area contributed by atoms with Crippen molar-refractivity contribution < 1.29 is 0 Å². The molecular formula is C7H14. The Labute approximate surface area is 46.9 Å². The van der Waals surface area contributed by atoms with E-state index in [9.17, 15) is 0 Å². The summed E-state index contributed by atoms with van der Waals surface area (Å²) < 4.78 is 0. The van der Waals surface area contributed by atoms with Crippen LogP contribution in [0.4, 0.5) is 0 Å². The molecule has 0 saturated heterocycles. The highest BCUT2D eigenvalue weighted by molar-refractivity contribution is 4.55. The van der Waals surface area contributed by atoms with Crippen molar-refractivity contribution in [2.24, 2.45) is 0 Å². The Bertz CT molecular complexity index is 19.2. The third-order valence-electron chi connectivity index (χ3n) is 0.993. The highest BCUT2D eigenvalue weighted by Crippen LogP contribution is 1.99. The van der Waals surface area contributed by atoms with E-state index in [0.29, 0.717) is 0 Å². The summed E-state index contributed by atoms with van der Waals surface area (Å²) in [4.78, 5) is 0. The van der Waals surface area contributed by atoms with E-state index >= 15 is 0 Å². The molecule has 0 amide bonds. The molecule has 0 aliphatic carbocycles. The summed E-state index contributed by atoms with van der Waals surface area (Å²) in [6.07, 6.45) is 7.16. The zero-order valence-electron chi connectivity index (χ0n) is 5.11. The Morgan fingerprint density at radius 3 is 2.57 bits per heavy atom. The van der Waals surface area contributed by atoms with E-state index in [4.69, 9.17) is 0 Å². The van der Waals surface area contributed by atoms with Crippen LogP contribution in [0.1, 0.15) is 32.6 Å². The molecule has 0 unspecified atom stereocenters. The van der Waals surface area contributed by atoms with Gasteiger partial charge in [-0.2, -0.15) is 0 Å². The molecule has 0 rings (SSSR count). The summed E-state index contributed by atoms with van der Waals surface area (Å²) >= 11 is 0. The lowest BCUT2D eigenvalue weighted by Crippen LogP contribution is -1.71. The molecule has 0 atom stereocenters. The summed E-state index contributed by atoms with van der Waals surface area (Å²) in [5.74, 6) is 0. The van der Waals surface area contributed by atoms with E-state index in [-0.39, 0.29) is 0 Å². The van der Waals surface area contributed by atoms with Gasteiger partial charge in [-0.1, -0.05) is 39.5 Å². The van der Waals surface area contributed by atoms with Crippen molar-refractivity contribution in [2.75, 3.05) is 0 Å². The average molecular weight is 98.2 g/mol. The van der Waals surface area contributed by atoms with Gasteiger partial charge in [0.2, 0.25) is 0 Å². The van der Waals surface area contributed by atoms with Crippen LogP contribution in [0.5, 0.6) is 0 Å². The SMILES string of the molecule is [CH2]CCCC[CH]C. The molecule has 0 aliphatic heterocycles. The third kappa shape index (κ3) is 6.00. The van der Waals surface area contributed by atoms with Gasteiger partial charge in [0.05, 0.1) is 0 Å². The fourth-order valence-electron chi connectivity index (χ4n) is 0.525. The van der Waals surface area contributed by atoms with Crippen LogP contribution in [0.3, 0.4) is 0 Å². The quantitative estimate of drug-likeness (QED) is 0.474. The van der Waals surface area contributed by atoms with Crippen molar-refractivity contribution >= 4 is 0 Å². The maximum absolute atomic E-state index is 3.74. The van der Waals surface area contributed by atoms with Gasteiger partial charge >= 0.3 is 0 Å². The van der Waals surface area contributed by atoms with Gasteiger partial charge in [0, 0.05) is 0 Å². The fourth-order valence-corrected chi connectivity index (χ4v) is 0.525. The van der Waals surface area contributed by atoms with Gasteiger partial charge in [-0.25, -0.2) is 0 Å². The molecule has 0 heteroatoms. The lowest BCUT2D eigenvalue weighted by Gasteiger charge is -1.90. The molecule has 0 nitrogen and oxygen atoms in total. The van der Waals surface area contributed by atoms with Crippen LogP contribution in [0, 0.1) is 13.3 Å². The van der Waals surface area contributed by atoms with E-state index < -0.39 is 0 Å². The van der Waals surface area contributed by atoms with Crippen LogP contribution < -0.4 is 0 Å². The maximum Gasteiger partial charge on any atom is -0.0417 e. The number of hydrogen-bond donors (Lipinski definition) is 0. The molecule has 0 saturated carbocycles. The Balaban J connectivity index is 2.45. The van der Waals surface area contributed by atoms with Gasteiger partial charge in [0.1, 0.15) is 0 Å². The number of rotatable bonds is 4. The minimum atomic E-state index is 1.09. The van der Waals surface area contributed by atoms with Crippen molar-refractivity contribution in [3.05, 3.63) is 13.3 Å². The number of unbranched alkanes of at least 4 members (excludes halogenated alkanes) is 4. The summed E-state index contributed by atoms with van der Waals surface area (Å²) in [7, 11) is 0. The van der Waals surface area contributed by atoms with Crippen LogP contribution in [-0.2, 0) is 0 Å². The standard InChI is InChI=1S/C7H14/c1-3-5-7-6-4-2/h4H,1,3,5-7H2,2H3. The van der Waals surface area contributed by atoms with E-state index in [2.05, 4.69) is 20.3 Å². The average Bonchev–Trinajstić information content (AvgIpc) is 1.69. The summed E-state index contributed by atoms with van der Waals surface area (Å²) in [6.45, 7) is 5.84. The summed E-state index contributed by atoms with van der Waals surface area (Å²) in [6, 6.07) is 0. The van der Waals surface area contributed by atoms with Crippen molar-refractivity contribution in [1.82, 2.24) is 0 Å². The molecule has 0 fully saturated rings. The van der Waals surface area contributed by atoms with Crippen molar-refractivity contribution in [1.29, 1.82) is 0 Å². The minimum absolute atomic E-state index is 1.09. The van der Waals surface area contributed by atoms with E-state index in [1.54, 1.807) is 0 Å². The van der Waals surface area contributed by atoms with E-state index in [1.165, 1.54) is 19.3 Å². The Hall–Kier alpha value is 0. The van der Waals surface area contributed by atoms with E-state index in [1.807, 2.05) is 0 Å². The molecule has 42 valence electrons. The molecule has 0 N–H and O–H groups in total. The third-order valence-corrected chi connectivity index (χ3v) is 0.993. The van der Waals surface area contributed by atoms with Crippen LogP contribution >= 0.6 is 0 Å². The first kappa shape index (κ1) is 7.00. The first-order valence-corrected chi connectivity index (χ1v) is 2.99. The van der Waals surface area contributed by atoms with Crippen LogP contribution in [-0.4, -0.2) is 0 Å². The summed E-state index contributed by atoms with van der Waals surface area (Å²) in [5, 5.41) is 0. The zero-order chi connectivity index (χ0) is 5.54. The number of hydrogen-bond acceptors (Lipinski definition) is 0. The molecule has 0 heterocycles. The predicted octanol–water partition coefficient (Wildman–Crippen LogP) is 2.61. The first-order chi connectivity index (χ1) is 3.41. The van der Waals surface area contributed by atoms with Gasteiger partial charge in [0.25, 0.3) is 0 Å². The Kier molecular flexibility index (Phi) is 6.00. The smallest absolute Gasteiger partial charge is 0.0417 e. The molecule has 0 bridgehead atoms. The molecule has 0 aromatic heterocycles. The second-order valence-corrected chi connectivity index (χ2v) is 1.76. The lowest BCUT2D eigenvalue weighted by molar-refractivity contribution is 0.738. The molecule has 0 aliphatic rings. The van der Waals surface area contributed by atoms with Crippen LogP contribution in [0.2, 0.25) is 0 Å². The Morgan fingerprint density at radius 2 is 2.14 bits per heavy atom. The molecule has 0 spiro atoms. The lowest BCUT2D eigenvalue weighted by atomic mass is 10.2. The predicted molar refractivity (Wildman–Crippen MR) is 33.8 cm³/mol. The largest absolute Gasteiger partial charge is 0.0623 e. The van der Waals surface area contributed by atoms with Crippen LogP contribution in [0.15, 0.2) is 0 Å². The summed E-state index contributed by atoms with van der Waals surface area (Å²) in [5.41, 5.74) is 0. The van der Waals surface area contributed by atoms with Gasteiger partial charge in [-0.15, -0.1) is 0 Å². The van der Waals surface area contributed by atoms with Gasteiger partial charge < -0.3 is 0 Å². The van der Waals surface area contributed by atoms with Crippen molar-refractivity contribution in [3.8, 4) is 0 Å². The first-order valence-electron chi connectivity index (χ1n) is 2.99. The monoisotopic (exact) mass is 98.1 g/mol. The maximum atomic E-state index is 3.74. The van der Waals surface area contributed by atoms with Gasteiger partial charge in [-0.05, 0) is 6.42 Å².